The monoisotopic (exact) mass is 463 g/mol. The zero-order chi connectivity index (χ0) is 20.7. The number of ether oxygens (including phenoxy) is 1. The molecule has 2 aromatic carbocycles. The van der Waals surface area contributed by atoms with Crippen LogP contribution in [0.5, 0.6) is 5.75 Å². The Morgan fingerprint density at radius 2 is 2.03 bits per heavy atom. The smallest absolute Gasteiger partial charge is 0.141 e. The van der Waals surface area contributed by atoms with E-state index in [0.717, 1.165) is 23.8 Å². The highest BCUT2D eigenvalue weighted by Crippen LogP contribution is 2.48. The molecule has 0 amide bonds. The van der Waals surface area contributed by atoms with Gasteiger partial charge in [0.15, 0.2) is 0 Å². The van der Waals surface area contributed by atoms with Crippen molar-refractivity contribution in [2.24, 2.45) is 5.92 Å². The number of nitrogens with zero attached hydrogens (tertiary/aromatic N) is 3. The van der Waals surface area contributed by atoms with Crippen molar-refractivity contribution in [3.63, 3.8) is 0 Å². The third-order valence-electron chi connectivity index (χ3n) is 5.83. The predicted octanol–water partition coefficient (Wildman–Crippen LogP) is 5.70. The van der Waals surface area contributed by atoms with Crippen molar-refractivity contribution in [2.45, 2.75) is 25.5 Å². The maximum Gasteiger partial charge on any atom is 0.141 e. The molecule has 1 saturated carbocycles. The normalized spacial score (nSPS) is 19.3. The number of anilines is 1. The van der Waals surface area contributed by atoms with E-state index in [1.54, 1.807) is 6.07 Å². The van der Waals surface area contributed by atoms with Crippen LogP contribution in [0.3, 0.4) is 0 Å². The first-order valence-electron chi connectivity index (χ1n) is 9.98. The van der Waals surface area contributed by atoms with Gasteiger partial charge in [-0.2, -0.15) is 5.26 Å². The second kappa shape index (κ2) is 7.73. The van der Waals surface area contributed by atoms with Crippen molar-refractivity contribution in [1.29, 1.82) is 5.26 Å². The minimum Gasteiger partial charge on any atom is -0.488 e. The van der Waals surface area contributed by atoms with Crippen LogP contribution in [-0.4, -0.2) is 17.6 Å². The summed E-state index contributed by atoms with van der Waals surface area (Å²) in [5.74, 6) is 1.74. The van der Waals surface area contributed by atoms with E-state index in [2.05, 4.69) is 20.8 Å². The fourth-order valence-electron chi connectivity index (χ4n) is 4.10. The van der Waals surface area contributed by atoms with Crippen LogP contribution in [0.4, 0.5) is 10.2 Å². The van der Waals surface area contributed by atoms with Crippen LogP contribution < -0.4 is 9.64 Å². The van der Waals surface area contributed by atoms with Gasteiger partial charge in [0.1, 0.15) is 30.1 Å². The van der Waals surface area contributed by atoms with E-state index < -0.39 is 5.82 Å². The van der Waals surface area contributed by atoms with Crippen LogP contribution in [0.15, 0.2) is 59.1 Å². The highest BCUT2D eigenvalue weighted by molar-refractivity contribution is 9.10. The molecule has 5 rings (SSSR count). The molecule has 1 aliphatic heterocycles. The van der Waals surface area contributed by atoms with E-state index in [0.29, 0.717) is 34.1 Å². The average Bonchev–Trinajstić information content (AvgIpc) is 3.43. The third kappa shape index (κ3) is 3.54. The van der Waals surface area contributed by atoms with E-state index in [-0.39, 0.29) is 5.56 Å². The number of rotatable bonds is 5. The molecule has 1 saturated heterocycles. The van der Waals surface area contributed by atoms with Gasteiger partial charge in [0.2, 0.25) is 0 Å². The number of hydrogen-bond acceptors (Lipinski definition) is 4. The van der Waals surface area contributed by atoms with Gasteiger partial charge in [-0.3, -0.25) is 0 Å². The number of benzene rings is 2. The summed E-state index contributed by atoms with van der Waals surface area (Å²) >= 11 is 3.63. The molecule has 2 unspecified atom stereocenters. The maximum absolute atomic E-state index is 14.3. The first-order valence-corrected chi connectivity index (χ1v) is 10.8. The Morgan fingerprint density at radius 3 is 2.70 bits per heavy atom. The third-order valence-corrected chi connectivity index (χ3v) is 6.60. The number of halogens is 2. The molecular weight excluding hydrogens is 445 g/mol. The fourth-order valence-corrected chi connectivity index (χ4v) is 4.65. The van der Waals surface area contributed by atoms with Crippen molar-refractivity contribution in [3.8, 4) is 23.1 Å². The molecular formula is C24H19BrFN3O. The first kappa shape index (κ1) is 19.1. The molecule has 0 radical (unpaired) electrons. The Balaban J connectivity index is 1.55. The molecule has 3 aromatic rings. The van der Waals surface area contributed by atoms with Crippen LogP contribution in [-0.2, 0) is 6.61 Å². The van der Waals surface area contributed by atoms with Crippen LogP contribution >= 0.6 is 15.9 Å². The maximum atomic E-state index is 14.3. The van der Waals surface area contributed by atoms with Gasteiger partial charge in [-0.25, -0.2) is 9.37 Å². The standard InChI is InChI=1S/C24H19BrFN3O/c25-23-21(30-14-15-4-2-1-3-5-15)12-22(29-9-8-16-11-20(16)29)28-24(23)17-6-7-18(13-27)19(26)10-17/h1-7,10,12,16,20H,8-9,11,14H2. The number of nitriles is 1. The molecule has 1 aromatic heterocycles. The molecule has 2 heterocycles. The van der Waals surface area contributed by atoms with E-state index in [4.69, 9.17) is 15.0 Å². The Hall–Kier alpha value is -2.91. The first-order chi connectivity index (χ1) is 14.6. The van der Waals surface area contributed by atoms with Gasteiger partial charge >= 0.3 is 0 Å². The van der Waals surface area contributed by atoms with Gasteiger partial charge < -0.3 is 9.64 Å². The summed E-state index contributed by atoms with van der Waals surface area (Å²) in [6.45, 7) is 1.40. The lowest BCUT2D eigenvalue weighted by molar-refractivity contribution is 0.304. The SMILES string of the molecule is N#Cc1ccc(-c2nc(N3CCC4CC43)cc(OCc3ccccc3)c2Br)cc1F. The summed E-state index contributed by atoms with van der Waals surface area (Å²) in [7, 11) is 0. The molecule has 6 heteroatoms. The Bertz CT molecular complexity index is 1150. The van der Waals surface area contributed by atoms with E-state index in [9.17, 15) is 4.39 Å². The summed E-state index contributed by atoms with van der Waals surface area (Å²) in [6.07, 6.45) is 2.39. The van der Waals surface area contributed by atoms with Crippen LogP contribution in [0, 0.1) is 23.1 Å². The number of piperidine rings is 1. The van der Waals surface area contributed by atoms with Gasteiger partial charge in [0.05, 0.1) is 15.7 Å². The topological polar surface area (TPSA) is 49.2 Å². The van der Waals surface area contributed by atoms with Crippen LogP contribution in [0.1, 0.15) is 24.0 Å². The van der Waals surface area contributed by atoms with Crippen molar-refractivity contribution >= 4 is 21.7 Å². The zero-order valence-corrected chi connectivity index (χ0v) is 17.8. The molecule has 2 aliphatic rings. The minimum atomic E-state index is -0.552. The van der Waals surface area contributed by atoms with Crippen molar-refractivity contribution in [2.75, 3.05) is 11.4 Å². The quantitative estimate of drug-likeness (QED) is 0.486. The molecule has 4 nitrogen and oxygen atoms in total. The predicted molar refractivity (Wildman–Crippen MR) is 117 cm³/mol. The number of fused-ring (bicyclic) bond motifs is 1. The lowest BCUT2D eigenvalue weighted by Gasteiger charge is -2.22. The largest absolute Gasteiger partial charge is 0.488 e. The lowest BCUT2D eigenvalue weighted by atomic mass is 10.1. The molecule has 2 fully saturated rings. The molecule has 2 atom stereocenters. The summed E-state index contributed by atoms with van der Waals surface area (Å²) in [4.78, 5) is 7.19. The summed E-state index contributed by atoms with van der Waals surface area (Å²) in [5, 5.41) is 9.04. The van der Waals surface area contributed by atoms with Crippen LogP contribution in [0.2, 0.25) is 0 Å². The van der Waals surface area contributed by atoms with Crippen molar-refractivity contribution < 1.29 is 9.13 Å². The highest BCUT2D eigenvalue weighted by Gasteiger charge is 2.47. The van der Waals surface area contributed by atoms with Crippen LogP contribution in [0.25, 0.3) is 11.3 Å². The summed E-state index contributed by atoms with van der Waals surface area (Å²) in [5.41, 5.74) is 2.31. The molecule has 0 bridgehead atoms. The fraction of sp³-hybridized carbons (Fsp3) is 0.250. The average molecular weight is 464 g/mol. The van der Waals surface area contributed by atoms with Gasteiger partial charge in [-0.1, -0.05) is 36.4 Å². The van der Waals surface area contributed by atoms with E-state index in [1.807, 2.05) is 42.5 Å². The highest BCUT2D eigenvalue weighted by atomic mass is 79.9. The van der Waals surface area contributed by atoms with Crippen molar-refractivity contribution in [3.05, 3.63) is 76.0 Å². The molecule has 0 spiro atoms. The van der Waals surface area contributed by atoms with Gasteiger partial charge in [-0.15, -0.1) is 0 Å². The Kier molecular flexibility index (Phi) is 4.92. The Morgan fingerprint density at radius 1 is 1.20 bits per heavy atom. The summed E-state index contributed by atoms with van der Waals surface area (Å²) < 4.78 is 21.1. The molecule has 1 aliphatic carbocycles. The van der Waals surface area contributed by atoms with Gasteiger partial charge in [0, 0.05) is 24.2 Å². The second-order valence-corrected chi connectivity index (χ2v) is 8.56. The van der Waals surface area contributed by atoms with E-state index >= 15 is 0 Å². The number of hydrogen-bond donors (Lipinski definition) is 0. The van der Waals surface area contributed by atoms with E-state index in [1.165, 1.54) is 25.0 Å². The minimum absolute atomic E-state index is 0.0203. The lowest BCUT2D eigenvalue weighted by Crippen LogP contribution is -2.23. The molecule has 30 heavy (non-hydrogen) atoms. The number of aromatic nitrogens is 1. The molecule has 150 valence electrons. The van der Waals surface area contributed by atoms with Crippen molar-refractivity contribution in [1.82, 2.24) is 4.98 Å². The second-order valence-electron chi connectivity index (χ2n) is 7.77. The molecule has 0 N–H and O–H groups in total. The Labute approximate surface area is 183 Å². The van der Waals surface area contributed by atoms with Gasteiger partial charge in [0.25, 0.3) is 0 Å². The van der Waals surface area contributed by atoms with Gasteiger partial charge in [-0.05, 0) is 52.4 Å². The summed E-state index contributed by atoms with van der Waals surface area (Å²) in [6, 6.07) is 18.9. The zero-order valence-electron chi connectivity index (χ0n) is 16.2. The number of pyridine rings is 1.